The Kier molecular flexibility index (Phi) is 4.72. The number of nitro groups is 1. The van der Waals surface area contributed by atoms with Gasteiger partial charge in [0.25, 0.3) is 5.69 Å². The smallest absolute Gasteiger partial charge is 0.269 e. The first-order valence-electron chi connectivity index (χ1n) is 5.90. The van der Waals surface area contributed by atoms with Gasteiger partial charge < -0.3 is 10.1 Å². The van der Waals surface area contributed by atoms with Crippen molar-refractivity contribution >= 4 is 40.2 Å². The van der Waals surface area contributed by atoms with E-state index < -0.39 is 4.92 Å². The van der Waals surface area contributed by atoms with Crippen LogP contribution in [-0.4, -0.2) is 17.0 Å². The van der Waals surface area contributed by atoms with E-state index in [4.69, 9.17) is 28.6 Å². The summed E-state index contributed by atoms with van der Waals surface area (Å²) in [6.07, 6.45) is 0. The number of anilines is 1. The lowest BCUT2D eigenvalue weighted by Gasteiger charge is -2.11. The third-order valence-corrected chi connectivity index (χ3v) is 3.43. The maximum atomic E-state index is 10.6. The van der Waals surface area contributed by atoms with E-state index in [0.717, 1.165) is 0 Å². The molecule has 0 atom stereocenters. The van der Waals surface area contributed by atoms with Gasteiger partial charge in [-0.25, -0.2) is 0 Å². The predicted octanol–water partition coefficient (Wildman–Crippen LogP) is 4.04. The minimum absolute atomic E-state index is 0.0148. The van der Waals surface area contributed by atoms with E-state index in [2.05, 4.69) is 5.32 Å². The third kappa shape index (κ3) is 3.68. The van der Waals surface area contributed by atoms with Crippen LogP contribution < -0.4 is 10.1 Å². The Morgan fingerprint density at radius 2 is 1.95 bits per heavy atom. The largest absolute Gasteiger partial charge is 0.497 e. The molecule has 1 N–H and O–H groups in total. The van der Waals surface area contributed by atoms with Crippen molar-refractivity contribution in [3.05, 3.63) is 63.2 Å². The lowest BCUT2D eigenvalue weighted by Crippen LogP contribution is -2.10. The average Bonchev–Trinajstić information content (AvgIpc) is 2.49. The van der Waals surface area contributed by atoms with Crippen LogP contribution >= 0.6 is 23.8 Å². The molecule has 0 fully saturated rings. The Morgan fingerprint density at radius 3 is 2.52 bits per heavy atom. The van der Waals surface area contributed by atoms with Crippen LogP contribution in [0.15, 0.2) is 42.5 Å². The van der Waals surface area contributed by atoms with Crippen LogP contribution in [0.4, 0.5) is 11.4 Å². The maximum Gasteiger partial charge on any atom is 0.269 e. The van der Waals surface area contributed by atoms with Crippen LogP contribution in [0.3, 0.4) is 0 Å². The molecule has 5 nitrogen and oxygen atoms in total. The molecule has 0 saturated heterocycles. The molecular weight excluding hydrogens is 312 g/mol. The second-order valence-electron chi connectivity index (χ2n) is 4.10. The highest BCUT2D eigenvalue weighted by Crippen LogP contribution is 2.27. The lowest BCUT2D eigenvalue weighted by molar-refractivity contribution is -0.384. The number of thiocarbonyl (C=S) groups is 1. The molecule has 0 spiro atoms. The van der Waals surface area contributed by atoms with Crippen molar-refractivity contribution in [2.24, 2.45) is 0 Å². The summed E-state index contributed by atoms with van der Waals surface area (Å²) in [5.41, 5.74) is 1.29. The van der Waals surface area contributed by atoms with Crippen LogP contribution in [0.1, 0.15) is 5.56 Å². The molecule has 0 saturated carbocycles. The number of non-ortho nitro benzene ring substituents is 1. The number of hydrogen-bond acceptors (Lipinski definition) is 4. The number of rotatable bonds is 4. The Hall–Kier alpha value is -2.18. The highest BCUT2D eigenvalue weighted by molar-refractivity contribution is 7.81. The summed E-state index contributed by atoms with van der Waals surface area (Å²) in [5, 5.41) is 14.1. The van der Waals surface area contributed by atoms with Crippen molar-refractivity contribution in [1.82, 2.24) is 0 Å². The van der Waals surface area contributed by atoms with Gasteiger partial charge in [-0.15, -0.1) is 0 Å². The molecule has 2 rings (SSSR count). The van der Waals surface area contributed by atoms with Crippen LogP contribution in [0, 0.1) is 10.1 Å². The molecule has 2 aromatic rings. The fourth-order valence-corrected chi connectivity index (χ4v) is 2.07. The molecule has 0 amide bonds. The zero-order valence-corrected chi connectivity index (χ0v) is 12.6. The van der Waals surface area contributed by atoms with Crippen molar-refractivity contribution in [3.8, 4) is 5.75 Å². The van der Waals surface area contributed by atoms with Gasteiger partial charge >= 0.3 is 0 Å². The molecule has 0 heterocycles. The van der Waals surface area contributed by atoms with Crippen molar-refractivity contribution < 1.29 is 9.66 Å². The van der Waals surface area contributed by atoms with Gasteiger partial charge in [-0.05, 0) is 24.3 Å². The molecule has 0 aliphatic rings. The molecule has 0 aliphatic carbocycles. The van der Waals surface area contributed by atoms with Crippen LogP contribution in [0.25, 0.3) is 0 Å². The summed E-state index contributed by atoms with van der Waals surface area (Å²) in [4.78, 5) is 10.6. The van der Waals surface area contributed by atoms with Crippen LogP contribution in [-0.2, 0) is 0 Å². The first-order valence-corrected chi connectivity index (χ1v) is 6.69. The van der Waals surface area contributed by atoms with Gasteiger partial charge in [-0.1, -0.05) is 23.8 Å². The van der Waals surface area contributed by atoms with Gasteiger partial charge in [0.05, 0.1) is 22.7 Å². The molecule has 7 heteroatoms. The number of nitrogens with zero attached hydrogens (tertiary/aromatic N) is 1. The zero-order valence-electron chi connectivity index (χ0n) is 11.0. The number of nitro benzene ring substituents is 1. The van der Waals surface area contributed by atoms with Gasteiger partial charge in [0.2, 0.25) is 0 Å². The minimum Gasteiger partial charge on any atom is -0.497 e. The summed E-state index contributed by atoms with van der Waals surface area (Å²) in [6.45, 7) is 0. The zero-order chi connectivity index (χ0) is 15.4. The van der Waals surface area contributed by atoms with Gasteiger partial charge in [-0.2, -0.15) is 0 Å². The number of methoxy groups -OCH3 is 1. The van der Waals surface area contributed by atoms with Crippen molar-refractivity contribution in [3.63, 3.8) is 0 Å². The molecule has 0 aliphatic heterocycles. The second kappa shape index (κ2) is 6.51. The standard InChI is InChI=1S/C14H11ClN2O3S/c1-20-11-6-7-12(15)13(8-11)16-14(21)9-2-4-10(5-3-9)17(18)19/h2-8H,1H3,(H,16,21). The topological polar surface area (TPSA) is 64.4 Å². The van der Waals surface area contributed by atoms with E-state index in [1.165, 1.54) is 12.1 Å². The number of hydrogen-bond donors (Lipinski definition) is 1. The Balaban J connectivity index is 2.19. The predicted molar refractivity (Wildman–Crippen MR) is 86.4 cm³/mol. The molecule has 0 unspecified atom stereocenters. The van der Waals surface area contributed by atoms with Crippen molar-refractivity contribution in [2.45, 2.75) is 0 Å². The molecule has 0 radical (unpaired) electrons. The first-order chi connectivity index (χ1) is 10.0. The normalized spacial score (nSPS) is 10.0. The number of ether oxygens (including phenoxy) is 1. The molecule has 2 aromatic carbocycles. The number of benzene rings is 2. The molecule has 108 valence electrons. The average molecular weight is 323 g/mol. The SMILES string of the molecule is COc1ccc(Cl)c(NC(=S)c2ccc([N+](=O)[O-])cc2)c1. The van der Waals surface area contributed by atoms with Crippen LogP contribution in [0.2, 0.25) is 5.02 Å². The van der Waals surface area contributed by atoms with Crippen molar-refractivity contribution in [2.75, 3.05) is 12.4 Å². The lowest BCUT2D eigenvalue weighted by atomic mass is 10.2. The summed E-state index contributed by atoms with van der Waals surface area (Å²) in [5.74, 6) is 0.647. The van der Waals surface area contributed by atoms with E-state index in [1.807, 2.05) is 0 Å². The highest BCUT2D eigenvalue weighted by Gasteiger charge is 2.09. The van der Waals surface area contributed by atoms with Crippen LogP contribution in [0.5, 0.6) is 5.75 Å². The number of halogens is 1. The van der Waals surface area contributed by atoms with E-state index in [9.17, 15) is 10.1 Å². The van der Waals surface area contributed by atoms with Gasteiger partial charge in [-0.3, -0.25) is 10.1 Å². The van der Waals surface area contributed by atoms with Gasteiger partial charge in [0.1, 0.15) is 10.7 Å². The second-order valence-corrected chi connectivity index (χ2v) is 4.92. The van der Waals surface area contributed by atoms with E-state index in [0.29, 0.717) is 27.0 Å². The Labute approximate surface area is 131 Å². The highest BCUT2D eigenvalue weighted by atomic mass is 35.5. The third-order valence-electron chi connectivity index (χ3n) is 2.76. The molecular formula is C14H11ClN2O3S. The monoisotopic (exact) mass is 322 g/mol. The summed E-state index contributed by atoms with van der Waals surface area (Å²) >= 11 is 11.4. The molecule has 0 aromatic heterocycles. The molecule has 21 heavy (non-hydrogen) atoms. The fourth-order valence-electron chi connectivity index (χ4n) is 1.66. The summed E-state index contributed by atoms with van der Waals surface area (Å²) < 4.78 is 5.12. The first kappa shape index (κ1) is 15.2. The van der Waals surface area contributed by atoms with Gasteiger partial charge in [0, 0.05) is 23.8 Å². The van der Waals surface area contributed by atoms with Crippen molar-refractivity contribution in [1.29, 1.82) is 0 Å². The Bertz CT molecular complexity index is 689. The Morgan fingerprint density at radius 1 is 1.29 bits per heavy atom. The quantitative estimate of drug-likeness (QED) is 0.523. The summed E-state index contributed by atoms with van der Waals surface area (Å²) in [6, 6.07) is 11.1. The number of nitrogens with one attached hydrogen (secondary N) is 1. The minimum atomic E-state index is -0.459. The summed E-state index contributed by atoms with van der Waals surface area (Å²) in [7, 11) is 1.56. The van der Waals surface area contributed by atoms with E-state index >= 15 is 0 Å². The fraction of sp³-hybridized carbons (Fsp3) is 0.0714. The van der Waals surface area contributed by atoms with Gasteiger partial charge in [0.15, 0.2) is 0 Å². The van der Waals surface area contributed by atoms with E-state index in [1.54, 1.807) is 37.4 Å². The molecule has 0 bridgehead atoms. The van der Waals surface area contributed by atoms with E-state index in [-0.39, 0.29) is 5.69 Å². The maximum absolute atomic E-state index is 10.6.